The van der Waals surface area contributed by atoms with Gasteiger partial charge in [0.25, 0.3) is 0 Å². The SMILES string of the molecule is CCCNOc1ccc(-c2nc3ccc(N4CCN(C)CC4)cc3[nH]2)cc1. The van der Waals surface area contributed by atoms with E-state index >= 15 is 0 Å². The lowest BCUT2D eigenvalue weighted by atomic mass is 10.2. The molecule has 142 valence electrons. The first-order valence-corrected chi connectivity index (χ1v) is 9.66. The van der Waals surface area contributed by atoms with Gasteiger partial charge in [0.1, 0.15) is 11.6 Å². The molecule has 2 aromatic carbocycles. The number of nitrogens with zero attached hydrogens (tertiary/aromatic N) is 3. The molecular weight excluding hydrogens is 338 g/mol. The third-order valence-corrected chi connectivity index (χ3v) is 5.00. The summed E-state index contributed by atoms with van der Waals surface area (Å²) in [6, 6.07) is 14.5. The Kier molecular flexibility index (Phi) is 5.27. The van der Waals surface area contributed by atoms with Crippen LogP contribution in [0.1, 0.15) is 13.3 Å². The Hall–Kier alpha value is -2.57. The molecule has 2 heterocycles. The number of rotatable bonds is 6. The van der Waals surface area contributed by atoms with Gasteiger partial charge in [0.15, 0.2) is 0 Å². The number of hydrogen-bond acceptors (Lipinski definition) is 5. The molecule has 1 aromatic heterocycles. The van der Waals surface area contributed by atoms with Gasteiger partial charge >= 0.3 is 0 Å². The van der Waals surface area contributed by atoms with E-state index in [-0.39, 0.29) is 0 Å². The first-order chi connectivity index (χ1) is 13.2. The van der Waals surface area contributed by atoms with E-state index in [1.165, 1.54) is 5.69 Å². The fraction of sp³-hybridized carbons (Fsp3) is 0.381. The molecule has 0 unspecified atom stereocenters. The number of aromatic amines is 1. The number of nitrogens with one attached hydrogen (secondary N) is 2. The van der Waals surface area contributed by atoms with Crippen LogP contribution in [0.15, 0.2) is 42.5 Å². The number of anilines is 1. The van der Waals surface area contributed by atoms with Crippen LogP contribution in [-0.4, -0.2) is 54.6 Å². The molecule has 0 saturated carbocycles. The fourth-order valence-electron chi connectivity index (χ4n) is 3.31. The van der Waals surface area contributed by atoms with Crippen LogP contribution in [0.4, 0.5) is 5.69 Å². The highest BCUT2D eigenvalue weighted by Crippen LogP contribution is 2.26. The number of hydroxylamine groups is 1. The highest BCUT2D eigenvalue weighted by molar-refractivity contribution is 5.83. The summed E-state index contributed by atoms with van der Waals surface area (Å²) in [6.45, 7) is 7.28. The van der Waals surface area contributed by atoms with Crippen LogP contribution in [0.3, 0.4) is 0 Å². The van der Waals surface area contributed by atoms with Crippen molar-refractivity contribution in [3.05, 3.63) is 42.5 Å². The Balaban J connectivity index is 1.51. The summed E-state index contributed by atoms with van der Waals surface area (Å²) in [5.41, 5.74) is 7.32. The summed E-state index contributed by atoms with van der Waals surface area (Å²) >= 11 is 0. The van der Waals surface area contributed by atoms with Crippen molar-refractivity contribution < 1.29 is 4.84 Å². The maximum atomic E-state index is 5.50. The Morgan fingerprint density at radius 2 is 1.85 bits per heavy atom. The average Bonchev–Trinajstić information content (AvgIpc) is 3.12. The van der Waals surface area contributed by atoms with Crippen LogP contribution >= 0.6 is 0 Å². The quantitative estimate of drug-likeness (QED) is 0.519. The Morgan fingerprint density at radius 1 is 1.07 bits per heavy atom. The molecule has 0 amide bonds. The minimum Gasteiger partial charge on any atom is -0.409 e. The van der Waals surface area contributed by atoms with Crippen LogP contribution in [0.2, 0.25) is 0 Å². The third-order valence-electron chi connectivity index (χ3n) is 5.00. The zero-order valence-corrected chi connectivity index (χ0v) is 16.0. The molecule has 0 bridgehead atoms. The summed E-state index contributed by atoms with van der Waals surface area (Å²) in [7, 11) is 2.18. The molecule has 6 heteroatoms. The molecule has 1 saturated heterocycles. The van der Waals surface area contributed by atoms with Gasteiger partial charge in [-0.3, -0.25) is 0 Å². The smallest absolute Gasteiger partial charge is 0.147 e. The largest absolute Gasteiger partial charge is 0.409 e. The van der Waals surface area contributed by atoms with Gasteiger partial charge in [0, 0.05) is 44.0 Å². The van der Waals surface area contributed by atoms with Gasteiger partial charge in [0.2, 0.25) is 0 Å². The fourth-order valence-corrected chi connectivity index (χ4v) is 3.31. The van der Waals surface area contributed by atoms with Crippen molar-refractivity contribution >= 4 is 16.7 Å². The standard InChI is InChI=1S/C21H27N5O/c1-3-10-22-27-18-7-4-16(5-8-18)21-23-19-9-6-17(15-20(19)24-21)26-13-11-25(2)12-14-26/h4-9,15,22H,3,10-14H2,1-2H3,(H,23,24). The number of imidazole rings is 1. The summed E-state index contributed by atoms with van der Waals surface area (Å²) in [4.78, 5) is 18.5. The van der Waals surface area contributed by atoms with Gasteiger partial charge < -0.3 is 19.6 Å². The monoisotopic (exact) mass is 365 g/mol. The van der Waals surface area contributed by atoms with E-state index in [4.69, 9.17) is 9.82 Å². The van der Waals surface area contributed by atoms with E-state index in [1.54, 1.807) is 0 Å². The predicted octanol–water partition coefficient (Wildman–Crippen LogP) is 3.28. The number of aromatic nitrogens is 2. The minimum absolute atomic E-state index is 0.806. The molecule has 0 radical (unpaired) electrons. The zero-order chi connectivity index (χ0) is 18.6. The van der Waals surface area contributed by atoms with Crippen LogP contribution < -0.4 is 15.2 Å². The molecule has 6 nitrogen and oxygen atoms in total. The first kappa shape index (κ1) is 17.8. The number of hydrogen-bond donors (Lipinski definition) is 2. The van der Waals surface area contributed by atoms with E-state index < -0.39 is 0 Å². The lowest BCUT2D eigenvalue weighted by Crippen LogP contribution is -2.44. The molecule has 1 aliphatic heterocycles. The molecule has 0 spiro atoms. The van der Waals surface area contributed by atoms with E-state index in [1.807, 2.05) is 24.3 Å². The zero-order valence-electron chi connectivity index (χ0n) is 16.0. The van der Waals surface area contributed by atoms with E-state index in [9.17, 15) is 0 Å². The molecule has 1 fully saturated rings. The molecule has 1 aliphatic rings. The van der Waals surface area contributed by atoms with Crippen LogP contribution in [0.25, 0.3) is 22.4 Å². The van der Waals surface area contributed by atoms with Gasteiger partial charge in [-0.2, -0.15) is 5.48 Å². The molecule has 3 aromatic rings. The first-order valence-electron chi connectivity index (χ1n) is 9.66. The summed E-state index contributed by atoms with van der Waals surface area (Å²) in [5, 5.41) is 0. The van der Waals surface area contributed by atoms with Crippen LogP contribution in [0, 0.1) is 0 Å². The summed E-state index contributed by atoms with van der Waals surface area (Å²) in [5.74, 6) is 1.69. The lowest BCUT2D eigenvalue weighted by molar-refractivity contribution is 0.196. The van der Waals surface area contributed by atoms with Crippen molar-refractivity contribution in [2.45, 2.75) is 13.3 Å². The van der Waals surface area contributed by atoms with Gasteiger partial charge in [0.05, 0.1) is 11.0 Å². The van der Waals surface area contributed by atoms with Crippen molar-refractivity contribution in [1.29, 1.82) is 0 Å². The molecule has 2 N–H and O–H groups in total. The molecular formula is C21H27N5O. The number of H-pyrrole nitrogens is 1. The Labute approximate surface area is 160 Å². The van der Waals surface area contributed by atoms with E-state index in [2.05, 4.69) is 52.4 Å². The second-order valence-electron chi connectivity index (χ2n) is 7.10. The number of piperazine rings is 1. The summed E-state index contributed by atoms with van der Waals surface area (Å²) in [6.07, 6.45) is 1.03. The average molecular weight is 365 g/mol. The minimum atomic E-state index is 0.806. The Morgan fingerprint density at radius 3 is 2.59 bits per heavy atom. The lowest BCUT2D eigenvalue weighted by Gasteiger charge is -2.34. The maximum absolute atomic E-state index is 5.50. The van der Waals surface area contributed by atoms with Gasteiger partial charge in [-0.25, -0.2) is 4.98 Å². The van der Waals surface area contributed by atoms with Crippen LogP contribution in [-0.2, 0) is 0 Å². The predicted molar refractivity (Wildman–Crippen MR) is 110 cm³/mol. The molecule has 0 atom stereocenters. The van der Waals surface area contributed by atoms with E-state index in [0.29, 0.717) is 0 Å². The normalized spacial score (nSPS) is 15.4. The second kappa shape index (κ2) is 7.98. The van der Waals surface area contributed by atoms with Gasteiger partial charge in [-0.15, -0.1) is 0 Å². The van der Waals surface area contributed by atoms with Gasteiger partial charge in [-0.05, 0) is 55.9 Å². The number of fused-ring (bicyclic) bond motifs is 1. The van der Waals surface area contributed by atoms with Crippen molar-refractivity contribution in [2.75, 3.05) is 44.7 Å². The van der Waals surface area contributed by atoms with E-state index in [0.717, 1.165) is 67.3 Å². The van der Waals surface area contributed by atoms with Crippen molar-refractivity contribution in [3.8, 4) is 17.1 Å². The maximum Gasteiger partial charge on any atom is 0.147 e. The van der Waals surface area contributed by atoms with Gasteiger partial charge in [-0.1, -0.05) is 6.92 Å². The summed E-state index contributed by atoms with van der Waals surface area (Å²) < 4.78 is 0. The second-order valence-corrected chi connectivity index (χ2v) is 7.10. The topological polar surface area (TPSA) is 56.4 Å². The third kappa shape index (κ3) is 4.07. The molecule has 0 aliphatic carbocycles. The van der Waals surface area contributed by atoms with Crippen molar-refractivity contribution in [3.63, 3.8) is 0 Å². The number of likely N-dealkylation sites (N-methyl/N-ethyl adjacent to an activating group) is 1. The molecule has 4 rings (SSSR count). The molecule has 27 heavy (non-hydrogen) atoms. The van der Waals surface area contributed by atoms with Crippen molar-refractivity contribution in [2.24, 2.45) is 0 Å². The highest BCUT2D eigenvalue weighted by Gasteiger charge is 2.15. The Bertz CT molecular complexity index is 881. The van der Waals surface area contributed by atoms with Crippen molar-refractivity contribution in [1.82, 2.24) is 20.3 Å². The number of benzene rings is 2. The van der Waals surface area contributed by atoms with Crippen LogP contribution in [0.5, 0.6) is 5.75 Å². The highest BCUT2D eigenvalue weighted by atomic mass is 16.6.